The van der Waals surface area contributed by atoms with Crippen LogP contribution >= 0.6 is 0 Å². The number of likely N-dealkylation sites (tertiary alicyclic amines) is 1. The number of carbonyl (C=O) groups excluding carboxylic acids is 2. The number of hydrogen-bond acceptors (Lipinski definition) is 4. The van der Waals surface area contributed by atoms with Gasteiger partial charge < -0.3 is 9.80 Å². The zero-order valence-corrected chi connectivity index (χ0v) is 15.8. The van der Waals surface area contributed by atoms with Crippen LogP contribution in [0.1, 0.15) is 31.5 Å². The second-order valence-corrected chi connectivity index (χ2v) is 7.82. The average molecular weight is 364 g/mol. The smallest absolute Gasteiger partial charge is 0.228 e. The molecular formula is C21H24N4O2. The van der Waals surface area contributed by atoms with Gasteiger partial charge in [0.25, 0.3) is 0 Å². The first-order valence-corrected chi connectivity index (χ1v) is 9.48. The number of fused-ring (bicyclic) bond motifs is 1. The molecule has 1 aromatic heterocycles. The summed E-state index contributed by atoms with van der Waals surface area (Å²) in [6, 6.07) is 9.84. The molecule has 4 rings (SSSR count). The van der Waals surface area contributed by atoms with Gasteiger partial charge in [0.1, 0.15) is 0 Å². The number of benzene rings is 1. The van der Waals surface area contributed by atoms with Crippen molar-refractivity contribution in [2.75, 3.05) is 13.1 Å². The molecule has 3 heterocycles. The number of carbonyl (C=O) groups is 2. The molecule has 27 heavy (non-hydrogen) atoms. The zero-order chi connectivity index (χ0) is 19.0. The van der Waals surface area contributed by atoms with Gasteiger partial charge in [-0.2, -0.15) is 0 Å². The topological polar surface area (TPSA) is 66.4 Å². The van der Waals surface area contributed by atoms with E-state index in [1.807, 2.05) is 46.3 Å². The highest BCUT2D eigenvalue weighted by Crippen LogP contribution is 2.28. The van der Waals surface area contributed by atoms with Gasteiger partial charge in [0.05, 0.1) is 18.2 Å². The largest absolute Gasteiger partial charge is 0.342 e. The highest BCUT2D eigenvalue weighted by atomic mass is 16.2. The van der Waals surface area contributed by atoms with Gasteiger partial charge in [0.15, 0.2) is 5.82 Å². The van der Waals surface area contributed by atoms with E-state index < -0.39 is 0 Å². The number of aromatic nitrogens is 2. The Balaban J connectivity index is 1.45. The summed E-state index contributed by atoms with van der Waals surface area (Å²) < 4.78 is 0. The zero-order valence-electron chi connectivity index (χ0n) is 15.8. The molecule has 6 heteroatoms. The van der Waals surface area contributed by atoms with Crippen molar-refractivity contribution < 1.29 is 9.59 Å². The molecule has 0 N–H and O–H groups in total. The predicted octanol–water partition coefficient (Wildman–Crippen LogP) is 2.49. The van der Waals surface area contributed by atoms with E-state index in [0.717, 1.165) is 23.4 Å². The molecule has 1 aromatic carbocycles. The van der Waals surface area contributed by atoms with Crippen LogP contribution in [0.3, 0.4) is 0 Å². The van der Waals surface area contributed by atoms with Gasteiger partial charge in [0, 0.05) is 43.4 Å². The predicted molar refractivity (Wildman–Crippen MR) is 101 cm³/mol. The van der Waals surface area contributed by atoms with E-state index in [1.54, 1.807) is 0 Å². The number of rotatable bonds is 4. The van der Waals surface area contributed by atoms with Crippen LogP contribution in [0.25, 0.3) is 11.4 Å². The maximum absolute atomic E-state index is 12.9. The van der Waals surface area contributed by atoms with Crippen LogP contribution < -0.4 is 0 Å². The van der Waals surface area contributed by atoms with Crippen LogP contribution in [0.15, 0.2) is 36.5 Å². The quantitative estimate of drug-likeness (QED) is 0.836. The first kappa shape index (κ1) is 17.6. The molecule has 0 spiro atoms. The summed E-state index contributed by atoms with van der Waals surface area (Å²) in [5.41, 5.74) is 2.86. The standard InChI is InChI=1S/C21H24N4O2/c1-14(2)10-24-11-16(8-19(24)26)21(27)25-12-17-9-22-20(23-18(17)13-25)15-6-4-3-5-7-15/h3-7,9,14,16H,8,10-13H2,1-2H3/t16-/m1/s1. The Hall–Kier alpha value is -2.76. The first-order valence-electron chi connectivity index (χ1n) is 9.48. The van der Waals surface area contributed by atoms with Crippen molar-refractivity contribution in [2.24, 2.45) is 11.8 Å². The third-order valence-electron chi connectivity index (χ3n) is 5.15. The first-order chi connectivity index (χ1) is 13.0. The summed E-state index contributed by atoms with van der Waals surface area (Å²) in [6.45, 7) is 6.44. The van der Waals surface area contributed by atoms with E-state index in [1.165, 1.54) is 0 Å². The summed E-state index contributed by atoms with van der Waals surface area (Å²) in [5, 5.41) is 0. The fraction of sp³-hybridized carbons (Fsp3) is 0.429. The fourth-order valence-electron chi connectivity index (χ4n) is 3.85. The molecule has 2 aliphatic rings. The van der Waals surface area contributed by atoms with Gasteiger partial charge in [-0.1, -0.05) is 44.2 Å². The van der Waals surface area contributed by atoms with E-state index in [0.29, 0.717) is 37.8 Å². The Morgan fingerprint density at radius 3 is 2.74 bits per heavy atom. The van der Waals surface area contributed by atoms with Crippen molar-refractivity contribution in [3.63, 3.8) is 0 Å². The van der Waals surface area contributed by atoms with Gasteiger partial charge in [-0.25, -0.2) is 9.97 Å². The van der Waals surface area contributed by atoms with Crippen LogP contribution in [0, 0.1) is 11.8 Å². The van der Waals surface area contributed by atoms with Crippen LogP contribution in [-0.4, -0.2) is 44.7 Å². The van der Waals surface area contributed by atoms with Crippen molar-refractivity contribution >= 4 is 11.8 Å². The third kappa shape index (κ3) is 3.56. The molecule has 1 saturated heterocycles. The fourth-order valence-corrected chi connectivity index (χ4v) is 3.85. The van der Waals surface area contributed by atoms with Crippen molar-refractivity contribution in [1.29, 1.82) is 0 Å². The van der Waals surface area contributed by atoms with Crippen LogP contribution in [0.4, 0.5) is 0 Å². The third-order valence-corrected chi connectivity index (χ3v) is 5.15. The number of amides is 2. The lowest BCUT2D eigenvalue weighted by Gasteiger charge is -2.21. The van der Waals surface area contributed by atoms with Gasteiger partial charge >= 0.3 is 0 Å². The summed E-state index contributed by atoms with van der Waals surface area (Å²) >= 11 is 0. The molecule has 2 aromatic rings. The second kappa shape index (κ2) is 7.10. The molecule has 0 unspecified atom stereocenters. The Labute approximate surface area is 159 Å². The monoisotopic (exact) mass is 364 g/mol. The molecule has 2 amide bonds. The van der Waals surface area contributed by atoms with Crippen molar-refractivity contribution in [3.05, 3.63) is 47.8 Å². The maximum atomic E-state index is 12.9. The Morgan fingerprint density at radius 2 is 2.00 bits per heavy atom. The molecule has 0 aliphatic carbocycles. The van der Waals surface area contributed by atoms with Gasteiger partial charge in [-0.05, 0) is 5.92 Å². The minimum Gasteiger partial charge on any atom is -0.342 e. The summed E-state index contributed by atoms with van der Waals surface area (Å²) in [6.07, 6.45) is 2.14. The summed E-state index contributed by atoms with van der Waals surface area (Å²) in [7, 11) is 0. The molecule has 1 atom stereocenters. The number of hydrogen-bond donors (Lipinski definition) is 0. The Bertz CT molecular complexity index is 866. The molecule has 0 bridgehead atoms. The second-order valence-electron chi connectivity index (χ2n) is 7.82. The molecular weight excluding hydrogens is 340 g/mol. The van der Waals surface area contributed by atoms with E-state index in [2.05, 4.69) is 23.8 Å². The van der Waals surface area contributed by atoms with Crippen molar-refractivity contribution in [3.8, 4) is 11.4 Å². The highest BCUT2D eigenvalue weighted by Gasteiger charge is 2.38. The Kier molecular flexibility index (Phi) is 4.64. The molecule has 0 saturated carbocycles. The average Bonchev–Trinajstić information content (AvgIpc) is 3.24. The summed E-state index contributed by atoms with van der Waals surface area (Å²) in [4.78, 5) is 37.9. The van der Waals surface area contributed by atoms with E-state index in [9.17, 15) is 9.59 Å². The highest BCUT2D eigenvalue weighted by molar-refractivity contribution is 5.89. The maximum Gasteiger partial charge on any atom is 0.228 e. The van der Waals surface area contributed by atoms with Crippen molar-refractivity contribution in [2.45, 2.75) is 33.4 Å². The van der Waals surface area contributed by atoms with E-state index >= 15 is 0 Å². The molecule has 140 valence electrons. The van der Waals surface area contributed by atoms with Crippen molar-refractivity contribution in [1.82, 2.24) is 19.8 Å². The minimum absolute atomic E-state index is 0.0499. The van der Waals surface area contributed by atoms with E-state index in [4.69, 9.17) is 0 Å². The lowest BCUT2D eigenvalue weighted by Crippen LogP contribution is -2.34. The van der Waals surface area contributed by atoms with Gasteiger partial charge in [-0.3, -0.25) is 9.59 Å². The Morgan fingerprint density at radius 1 is 1.22 bits per heavy atom. The molecule has 1 fully saturated rings. The normalized spacial score (nSPS) is 19.1. The van der Waals surface area contributed by atoms with E-state index in [-0.39, 0.29) is 17.7 Å². The lowest BCUT2D eigenvalue weighted by molar-refractivity contribution is -0.136. The lowest BCUT2D eigenvalue weighted by atomic mass is 10.1. The van der Waals surface area contributed by atoms with Crippen LogP contribution in [0.5, 0.6) is 0 Å². The molecule has 2 aliphatic heterocycles. The molecule has 0 radical (unpaired) electrons. The minimum atomic E-state index is -0.243. The molecule has 6 nitrogen and oxygen atoms in total. The van der Waals surface area contributed by atoms with Gasteiger partial charge in [0.2, 0.25) is 11.8 Å². The SMILES string of the molecule is CC(C)CN1C[C@H](C(=O)N2Cc3cnc(-c4ccccc4)nc3C2)CC1=O. The van der Waals surface area contributed by atoms with Crippen LogP contribution in [-0.2, 0) is 22.7 Å². The van der Waals surface area contributed by atoms with Gasteiger partial charge in [-0.15, -0.1) is 0 Å². The summed E-state index contributed by atoms with van der Waals surface area (Å²) in [5.74, 6) is 0.985. The van der Waals surface area contributed by atoms with Crippen LogP contribution in [0.2, 0.25) is 0 Å². The number of nitrogens with zero attached hydrogens (tertiary/aromatic N) is 4.